The first kappa shape index (κ1) is 12.8. The van der Waals surface area contributed by atoms with Crippen LogP contribution in [0.1, 0.15) is 32.6 Å². The predicted molar refractivity (Wildman–Crippen MR) is 67.0 cm³/mol. The molecule has 2 aliphatic rings. The van der Waals surface area contributed by atoms with Crippen LogP contribution in [-0.4, -0.2) is 48.2 Å². The first-order valence-electron chi connectivity index (χ1n) is 6.85. The first-order chi connectivity index (χ1) is 8.17. The molecule has 0 spiro atoms. The molecule has 98 valence electrons. The number of carboxylic acids is 1. The van der Waals surface area contributed by atoms with Gasteiger partial charge in [0.25, 0.3) is 0 Å². The van der Waals surface area contributed by atoms with Gasteiger partial charge < -0.3 is 10.4 Å². The molecule has 0 aromatic carbocycles. The number of nitrogens with one attached hydrogen (secondary N) is 1. The third-order valence-electron chi connectivity index (χ3n) is 3.83. The number of likely N-dealkylation sites (tertiary alicyclic amines) is 1. The molecule has 2 atom stereocenters. The molecular formula is C13H24N2O2. The fourth-order valence-electron chi connectivity index (χ4n) is 3.06. The maximum absolute atomic E-state index is 10.8. The summed E-state index contributed by atoms with van der Waals surface area (Å²) in [5.74, 6) is 0.930. The zero-order chi connectivity index (χ0) is 12.3. The molecule has 2 N–H and O–H groups in total. The Kier molecular flexibility index (Phi) is 4.40. The zero-order valence-corrected chi connectivity index (χ0v) is 10.7. The predicted octanol–water partition coefficient (Wildman–Crippen LogP) is 1.17. The van der Waals surface area contributed by atoms with Crippen LogP contribution in [0.3, 0.4) is 0 Å². The fraction of sp³-hybridized carbons (Fsp3) is 0.923. The van der Waals surface area contributed by atoms with Crippen molar-refractivity contribution >= 4 is 5.97 Å². The number of piperidine rings is 1. The molecule has 0 aromatic heterocycles. The van der Waals surface area contributed by atoms with Crippen molar-refractivity contribution in [3.63, 3.8) is 0 Å². The highest BCUT2D eigenvalue weighted by atomic mass is 16.4. The number of aliphatic carboxylic acids is 1. The SMILES string of the molecule is CCNC1CC(CC2CC2)CN(CC(=O)O)C1. The van der Waals surface area contributed by atoms with Crippen molar-refractivity contribution in [3.8, 4) is 0 Å². The largest absolute Gasteiger partial charge is 0.480 e. The maximum atomic E-state index is 10.8. The van der Waals surface area contributed by atoms with Crippen LogP contribution < -0.4 is 5.32 Å². The second-order valence-corrected chi connectivity index (χ2v) is 5.62. The summed E-state index contributed by atoms with van der Waals surface area (Å²) in [4.78, 5) is 12.9. The van der Waals surface area contributed by atoms with Crippen LogP contribution >= 0.6 is 0 Å². The monoisotopic (exact) mass is 240 g/mol. The van der Waals surface area contributed by atoms with Gasteiger partial charge in [0.2, 0.25) is 0 Å². The van der Waals surface area contributed by atoms with E-state index in [2.05, 4.69) is 17.1 Å². The third-order valence-corrected chi connectivity index (χ3v) is 3.83. The molecule has 2 rings (SSSR count). The van der Waals surface area contributed by atoms with Crippen LogP contribution in [-0.2, 0) is 4.79 Å². The van der Waals surface area contributed by atoms with Gasteiger partial charge in [0.15, 0.2) is 0 Å². The Bertz CT molecular complexity index is 266. The Hall–Kier alpha value is -0.610. The summed E-state index contributed by atoms with van der Waals surface area (Å²) < 4.78 is 0. The van der Waals surface area contributed by atoms with Gasteiger partial charge in [-0.15, -0.1) is 0 Å². The molecule has 17 heavy (non-hydrogen) atoms. The molecule has 1 saturated heterocycles. The minimum absolute atomic E-state index is 0.197. The van der Waals surface area contributed by atoms with Gasteiger partial charge in [-0.3, -0.25) is 9.69 Å². The van der Waals surface area contributed by atoms with Crippen molar-refractivity contribution in [1.29, 1.82) is 0 Å². The minimum Gasteiger partial charge on any atom is -0.480 e. The van der Waals surface area contributed by atoms with E-state index in [0.29, 0.717) is 12.0 Å². The van der Waals surface area contributed by atoms with E-state index in [-0.39, 0.29) is 6.54 Å². The van der Waals surface area contributed by atoms with E-state index >= 15 is 0 Å². The van der Waals surface area contributed by atoms with Crippen LogP contribution in [0.5, 0.6) is 0 Å². The van der Waals surface area contributed by atoms with E-state index < -0.39 is 5.97 Å². The second kappa shape index (κ2) is 5.83. The number of hydrogen-bond acceptors (Lipinski definition) is 3. The van der Waals surface area contributed by atoms with Crippen LogP contribution in [0.2, 0.25) is 0 Å². The van der Waals surface area contributed by atoms with Gasteiger partial charge in [0.1, 0.15) is 0 Å². The lowest BCUT2D eigenvalue weighted by atomic mass is 9.89. The van der Waals surface area contributed by atoms with Crippen molar-refractivity contribution in [3.05, 3.63) is 0 Å². The summed E-state index contributed by atoms with van der Waals surface area (Å²) in [7, 11) is 0. The lowest BCUT2D eigenvalue weighted by Gasteiger charge is -2.37. The molecule has 1 heterocycles. The Morgan fingerprint density at radius 2 is 2.12 bits per heavy atom. The van der Waals surface area contributed by atoms with Gasteiger partial charge in [-0.2, -0.15) is 0 Å². The zero-order valence-electron chi connectivity index (χ0n) is 10.7. The van der Waals surface area contributed by atoms with Gasteiger partial charge in [0, 0.05) is 19.1 Å². The first-order valence-corrected chi connectivity index (χ1v) is 6.85. The molecular weight excluding hydrogens is 216 g/mol. The van der Waals surface area contributed by atoms with E-state index in [1.807, 2.05) is 0 Å². The van der Waals surface area contributed by atoms with Crippen molar-refractivity contribution in [2.24, 2.45) is 11.8 Å². The van der Waals surface area contributed by atoms with Crippen LogP contribution in [0.25, 0.3) is 0 Å². The van der Waals surface area contributed by atoms with Gasteiger partial charge in [-0.1, -0.05) is 19.8 Å². The standard InChI is InChI=1S/C13H24N2O2/c1-2-14-12-6-11(5-10-3-4-10)7-15(8-12)9-13(16)17/h10-12,14H,2-9H2,1H3,(H,16,17). The van der Waals surface area contributed by atoms with Crippen LogP contribution in [0, 0.1) is 11.8 Å². The second-order valence-electron chi connectivity index (χ2n) is 5.62. The molecule has 4 heteroatoms. The van der Waals surface area contributed by atoms with Gasteiger partial charge >= 0.3 is 5.97 Å². The van der Waals surface area contributed by atoms with Crippen LogP contribution in [0.4, 0.5) is 0 Å². The average molecular weight is 240 g/mol. The Morgan fingerprint density at radius 3 is 2.71 bits per heavy atom. The van der Waals surface area contributed by atoms with Gasteiger partial charge in [-0.25, -0.2) is 0 Å². The molecule has 0 radical (unpaired) electrons. The minimum atomic E-state index is -0.702. The van der Waals surface area contributed by atoms with Crippen molar-refractivity contribution in [2.75, 3.05) is 26.2 Å². The summed E-state index contributed by atoms with van der Waals surface area (Å²) in [5, 5.41) is 12.4. The third kappa shape index (κ3) is 4.28. The number of rotatable bonds is 6. The molecule has 1 aliphatic carbocycles. The van der Waals surface area contributed by atoms with Crippen molar-refractivity contribution < 1.29 is 9.90 Å². The molecule has 0 amide bonds. The molecule has 0 aromatic rings. The van der Waals surface area contributed by atoms with Gasteiger partial charge in [-0.05, 0) is 31.2 Å². The van der Waals surface area contributed by atoms with E-state index in [1.54, 1.807) is 0 Å². The molecule has 1 aliphatic heterocycles. The summed E-state index contributed by atoms with van der Waals surface area (Å²) in [5.41, 5.74) is 0. The smallest absolute Gasteiger partial charge is 0.317 e. The Morgan fingerprint density at radius 1 is 1.35 bits per heavy atom. The number of hydrogen-bond donors (Lipinski definition) is 2. The number of carbonyl (C=O) groups is 1. The fourth-order valence-corrected chi connectivity index (χ4v) is 3.06. The highest BCUT2D eigenvalue weighted by Gasteiger charge is 2.32. The highest BCUT2D eigenvalue weighted by molar-refractivity contribution is 5.69. The normalized spacial score (nSPS) is 30.4. The average Bonchev–Trinajstić information content (AvgIpc) is 3.00. The molecule has 2 unspecified atom stereocenters. The molecule has 1 saturated carbocycles. The van der Waals surface area contributed by atoms with E-state index in [0.717, 1.165) is 25.6 Å². The number of carboxylic acid groups (broad SMARTS) is 1. The van der Waals surface area contributed by atoms with E-state index in [4.69, 9.17) is 5.11 Å². The van der Waals surface area contributed by atoms with E-state index in [9.17, 15) is 4.79 Å². The van der Waals surface area contributed by atoms with E-state index in [1.165, 1.54) is 25.7 Å². The van der Waals surface area contributed by atoms with Gasteiger partial charge in [0.05, 0.1) is 6.54 Å². The lowest BCUT2D eigenvalue weighted by molar-refractivity contribution is -0.138. The summed E-state index contributed by atoms with van der Waals surface area (Å²) in [6, 6.07) is 0.483. The summed E-state index contributed by atoms with van der Waals surface area (Å²) in [6.45, 7) is 5.16. The number of likely N-dealkylation sites (N-methyl/N-ethyl adjacent to an activating group) is 1. The molecule has 4 nitrogen and oxygen atoms in total. The Balaban J connectivity index is 1.85. The summed E-state index contributed by atoms with van der Waals surface area (Å²) >= 11 is 0. The quantitative estimate of drug-likeness (QED) is 0.732. The van der Waals surface area contributed by atoms with Crippen molar-refractivity contribution in [2.45, 2.75) is 38.6 Å². The lowest BCUT2D eigenvalue weighted by Crippen LogP contribution is -2.50. The summed E-state index contributed by atoms with van der Waals surface area (Å²) in [6.07, 6.45) is 5.31. The molecule has 0 bridgehead atoms. The highest BCUT2D eigenvalue weighted by Crippen LogP contribution is 2.37. The van der Waals surface area contributed by atoms with Crippen LogP contribution in [0.15, 0.2) is 0 Å². The maximum Gasteiger partial charge on any atom is 0.317 e. The van der Waals surface area contributed by atoms with Crippen molar-refractivity contribution in [1.82, 2.24) is 10.2 Å². The number of nitrogens with zero attached hydrogens (tertiary/aromatic N) is 1. The topological polar surface area (TPSA) is 52.6 Å². The Labute approximate surface area is 103 Å². The molecule has 2 fully saturated rings.